The Bertz CT molecular complexity index is 1550. The highest BCUT2D eigenvalue weighted by molar-refractivity contribution is 7.99. The SMILES string of the molecule is C=CCn1c(SCC(=O)Nc2c(C)n(C)n(-c3ccccc3)c2=O)nnc1C(C)Oc1ccc(C(C)(C)C)cc1. The van der Waals surface area contributed by atoms with Gasteiger partial charge in [-0.2, -0.15) is 0 Å². The molecule has 1 amide bonds. The Morgan fingerprint density at radius 3 is 2.42 bits per heavy atom. The summed E-state index contributed by atoms with van der Waals surface area (Å²) in [5.74, 6) is 1.11. The topological polar surface area (TPSA) is 96.0 Å². The van der Waals surface area contributed by atoms with Crippen molar-refractivity contribution in [1.29, 1.82) is 0 Å². The molecule has 0 bridgehead atoms. The number of anilines is 1. The largest absolute Gasteiger partial charge is 0.483 e. The molecule has 2 aromatic carbocycles. The number of para-hydroxylation sites is 1. The van der Waals surface area contributed by atoms with Crippen molar-refractivity contribution in [3.63, 3.8) is 0 Å². The molecule has 1 unspecified atom stereocenters. The van der Waals surface area contributed by atoms with Crippen LogP contribution in [-0.2, 0) is 23.8 Å². The van der Waals surface area contributed by atoms with Crippen molar-refractivity contribution in [2.75, 3.05) is 11.1 Å². The lowest BCUT2D eigenvalue weighted by Gasteiger charge is -2.20. The monoisotopic (exact) mass is 560 g/mol. The maximum atomic E-state index is 13.1. The molecule has 210 valence electrons. The summed E-state index contributed by atoms with van der Waals surface area (Å²) in [4.78, 5) is 26.0. The van der Waals surface area contributed by atoms with Crippen LogP contribution in [0.2, 0.25) is 0 Å². The van der Waals surface area contributed by atoms with Gasteiger partial charge in [-0.3, -0.25) is 18.8 Å². The van der Waals surface area contributed by atoms with E-state index in [1.165, 1.54) is 22.0 Å². The van der Waals surface area contributed by atoms with Crippen LogP contribution >= 0.6 is 11.8 Å². The second kappa shape index (κ2) is 12.0. The molecule has 4 aromatic rings. The lowest BCUT2D eigenvalue weighted by atomic mass is 9.87. The maximum absolute atomic E-state index is 13.1. The zero-order chi connectivity index (χ0) is 29.0. The van der Waals surface area contributed by atoms with Gasteiger partial charge < -0.3 is 10.1 Å². The lowest BCUT2D eigenvalue weighted by molar-refractivity contribution is -0.113. The number of carbonyl (C=O) groups excluding carboxylic acids is 1. The molecule has 0 aliphatic carbocycles. The quantitative estimate of drug-likeness (QED) is 0.205. The standard InChI is InChI=1S/C30H36N6O3S/c1-8-18-35-27(21(3)39-24-16-14-22(15-17-24)30(4,5)6)32-33-29(35)40-19-25(37)31-26-20(2)34(7)36(28(26)38)23-12-10-9-11-13-23/h8-17,21H,1,18-19H2,2-7H3,(H,31,37). The van der Waals surface area contributed by atoms with Gasteiger partial charge in [-0.1, -0.05) is 68.9 Å². The number of hydrogen-bond acceptors (Lipinski definition) is 6. The van der Waals surface area contributed by atoms with Crippen molar-refractivity contribution in [3.8, 4) is 11.4 Å². The number of aromatic nitrogens is 5. The second-order valence-corrected chi connectivity index (χ2v) is 11.5. The number of allylic oxidation sites excluding steroid dienone is 1. The van der Waals surface area contributed by atoms with E-state index < -0.39 is 0 Å². The number of nitrogens with zero attached hydrogens (tertiary/aromatic N) is 5. The fourth-order valence-electron chi connectivity index (χ4n) is 4.32. The minimum Gasteiger partial charge on any atom is -0.483 e. The molecule has 2 heterocycles. The Morgan fingerprint density at radius 1 is 1.12 bits per heavy atom. The zero-order valence-corrected chi connectivity index (χ0v) is 24.7. The van der Waals surface area contributed by atoms with Crippen molar-refractivity contribution in [2.45, 2.75) is 57.8 Å². The fraction of sp³-hybridized carbons (Fsp3) is 0.333. The van der Waals surface area contributed by atoms with E-state index in [4.69, 9.17) is 4.74 Å². The van der Waals surface area contributed by atoms with Gasteiger partial charge in [-0.25, -0.2) is 4.68 Å². The van der Waals surface area contributed by atoms with E-state index in [1.807, 2.05) is 54.0 Å². The Morgan fingerprint density at radius 2 is 1.80 bits per heavy atom. The average molecular weight is 561 g/mol. The van der Waals surface area contributed by atoms with Crippen molar-refractivity contribution < 1.29 is 9.53 Å². The van der Waals surface area contributed by atoms with E-state index in [0.29, 0.717) is 23.2 Å². The normalized spacial score (nSPS) is 12.2. The van der Waals surface area contributed by atoms with E-state index in [2.05, 4.69) is 55.0 Å². The molecule has 4 rings (SSSR count). The van der Waals surface area contributed by atoms with Gasteiger partial charge >= 0.3 is 0 Å². The number of carbonyl (C=O) groups is 1. The van der Waals surface area contributed by atoms with Gasteiger partial charge in [0.05, 0.1) is 17.1 Å². The Balaban J connectivity index is 1.45. The molecule has 9 nitrogen and oxygen atoms in total. The van der Waals surface area contributed by atoms with E-state index in [0.717, 1.165) is 11.4 Å². The van der Waals surface area contributed by atoms with E-state index in [-0.39, 0.29) is 34.4 Å². The van der Waals surface area contributed by atoms with Gasteiger partial charge in [0.15, 0.2) is 17.1 Å². The molecule has 0 aliphatic heterocycles. The molecule has 1 N–H and O–H groups in total. The average Bonchev–Trinajstić information content (AvgIpc) is 3.41. The number of ether oxygens (including phenoxy) is 1. The predicted molar refractivity (Wildman–Crippen MR) is 160 cm³/mol. The first-order valence-electron chi connectivity index (χ1n) is 13.1. The minimum absolute atomic E-state index is 0.0535. The Kier molecular flexibility index (Phi) is 8.68. The molecule has 0 saturated carbocycles. The third-order valence-electron chi connectivity index (χ3n) is 6.60. The van der Waals surface area contributed by atoms with Gasteiger partial charge in [0.25, 0.3) is 5.56 Å². The van der Waals surface area contributed by atoms with Crippen LogP contribution in [0.5, 0.6) is 5.75 Å². The van der Waals surface area contributed by atoms with Gasteiger partial charge in [0.2, 0.25) is 5.91 Å². The number of amides is 1. The van der Waals surface area contributed by atoms with Crippen LogP contribution in [0.4, 0.5) is 5.69 Å². The molecule has 0 fully saturated rings. The van der Waals surface area contributed by atoms with Crippen LogP contribution < -0.4 is 15.6 Å². The third-order valence-corrected chi connectivity index (χ3v) is 7.57. The van der Waals surface area contributed by atoms with Gasteiger partial charge in [-0.05, 0) is 49.1 Å². The maximum Gasteiger partial charge on any atom is 0.295 e. The van der Waals surface area contributed by atoms with Crippen molar-refractivity contribution in [3.05, 3.63) is 94.7 Å². The van der Waals surface area contributed by atoms with Crippen LogP contribution in [0.3, 0.4) is 0 Å². The van der Waals surface area contributed by atoms with Gasteiger partial charge in [-0.15, -0.1) is 16.8 Å². The summed E-state index contributed by atoms with van der Waals surface area (Å²) < 4.78 is 11.3. The molecule has 2 aromatic heterocycles. The number of thioether (sulfide) groups is 1. The summed E-state index contributed by atoms with van der Waals surface area (Å²) in [5.41, 5.74) is 2.63. The molecule has 40 heavy (non-hydrogen) atoms. The predicted octanol–water partition coefficient (Wildman–Crippen LogP) is 5.43. The van der Waals surface area contributed by atoms with Crippen LogP contribution in [0.25, 0.3) is 5.69 Å². The molecule has 1 atom stereocenters. The van der Waals surface area contributed by atoms with Gasteiger partial charge in [0.1, 0.15) is 11.4 Å². The second-order valence-electron chi connectivity index (χ2n) is 10.5. The number of rotatable bonds is 10. The van der Waals surface area contributed by atoms with Crippen molar-refractivity contribution in [2.24, 2.45) is 7.05 Å². The first-order chi connectivity index (χ1) is 19.0. The van der Waals surface area contributed by atoms with Crippen molar-refractivity contribution >= 4 is 23.4 Å². The molecular formula is C30H36N6O3S. The van der Waals surface area contributed by atoms with E-state index in [1.54, 1.807) is 24.7 Å². The number of nitrogens with one attached hydrogen (secondary N) is 1. The van der Waals surface area contributed by atoms with Crippen LogP contribution in [0, 0.1) is 6.92 Å². The van der Waals surface area contributed by atoms with Gasteiger partial charge in [0, 0.05) is 13.6 Å². The summed E-state index contributed by atoms with van der Waals surface area (Å²) in [6.07, 6.45) is 1.38. The Labute approximate surface area is 238 Å². The van der Waals surface area contributed by atoms with Crippen LogP contribution in [-0.4, -0.2) is 35.8 Å². The first-order valence-corrected chi connectivity index (χ1v) is 14.1. The van der Waals surface area contributed by atoms with Crippen LogP contribution in [0.15, 0.2) is 77.2 Å². The highest BCUT2D eigenvalue weighted by Crippen LogP contribution is 2.28. The summed E-state index contributed by atoms with van der Waals surface area (Å²) >= 11 is 1.24. The smallest absolute Gasteiger partial charge is 0.295 e. The molecule has 0 spiro atoms. The number of hydrogen-bond donors (Lipinski definition) is 1. The summed E-state index contributed by atoms with van der Waals surface area (Å²) in [7, 11) is 1.79. The highest BCUT2D eigenvalue weighted by atomic mass is 32.2. The lowest BCUT2D eigenvalue weighted by Crippen LogP contribution is -2.23. The Hall–Kier alpha value is -4.05. The summed E-state index contributed by atoms with van der Waals surface area (Å²) in [6, 6.07) is 17.4. The van der Waals surface area contributed by atoms with Crippen LogP contribution in [0.1, 0.15) is 50.9 Å². The van der Waals surface area contributed by atoms with Crippen molar-refractivity contribution in [1.82, 2.24) is 24.1 Å². The van der Waals surface area contributed by atoms with E-state index in [9.17, 15) is 9.59 Å². The molecule has 0 aliphatic rings. The summed E-state index contributed by atoms with van der Waals surface area (Å²) in [6.45, 7) is 14.5. The first kappa shape index (κ1) is 28.9. The number of benzene rings is 2. The summed E-state index contributed by atoms with van der Waals surface area (Å²) in [5, 5.41) is 12.0. The molecular weight excluding hydrogens is 524 g/mol. The molecule has 0 radical (unpaired) electrons. The third kappa shape index (κ3) is 6.22. The highest BCUT2D eigenvalue weighted by Gasteiger charge is 2.22. The fourth-order valence-corrected chi connectivity index (χ4v) is 5.07. The minimum atomic E-state index is -0.375. The van der Waals surface area contributed by atoms with E-state index >= 15 is 0 Å². The zero-order valence-electron chi connectivity index (χ0n) is 23.8. The molecule has 0 saturated heterocycles. The molecule has 10 heteroatoms.